The molecule has 1 atom stereocenters. The van der Waals surface area contributed by atoms with Gasteiger partial charge >= 0.3 is 5.97 Å². The maximum absolute atomic E-state index is 11.9. The molecule has 0 fully saturated rings. The first kappa shape index (κ1) is 13.9. The maximum Gasteiger partial charge on any atom is 0.304 e. The van der Waals surface area contributed by atoms with Crippen molar-refractivity contribution in [1.29, 1.82) is 0 Å². The zero-order valence-corrected chi connectivity index (χ0v) is 11.3. The topological polar surface area (TPSA) is 60.4 Å². The van der Waals surface area contributed by atoms with Gasteiger partial charge in [0.25, 0.3) is 0 Å². The number of esters is 1. The van der Waals surface area contributed by atoms with Crippen molar-refractivity contribution in [3.8, 4) is 0 Å². The molecule has 2 radical (unpaired) electrons. The van der Waals surface area contributed by atoms with Gasteiger partial charge in [0.1, 0.15) is 5.25 Å². The third-order valence-corrected chi connectivity index (χ3v) is 4.78. The van der Waals surface area contributed by atoms with E-state index < -0.39 is 26.9 Å². The Balaban J connectivity index is 2.16. The Morgan fingerprint density at radius 3 is 2.37 bits per heavy atom. The first-order valence-electron chi connectivity index (χ1n) is 5.91. The normalized spacial score (nSPS) is 16.1. The van der Waals surface area contributed by atoms with Crippen molar-refractivity contribution in [1.82, 2.24) is 0 Å². The van der Waals surface area contributed by atoms with Crippen molar-refractivity contribution in [3.63, 3.8) is 0 Å². The van der Waals surface area contributed by atoms with Crippen LogP contribution in [0.2, 0.25) is 0 Å². The van der Waals surface area contributed by atoms with Crippen LogP contribution in [-0.4, -0.2) is 34.1 Å². The Kier molecular flexibility index (Phi) is 3.80. The molecule has 1 aliphatic carbocycles. The van der Waals surface area contributed by atoms with Crippen molar-refractivity contribution >= 4 is 23.7 Å². The number of sulfone groups is 1. The predicted molar refractivity (Wildman–Crippen MR) is 71.7 cm³/mol. The van der Waals surface area contributed by atoms with Crippen molar-refractivity contribution in [2.24, 2.45) is 0 Å². The van der Waals surface area contributed by atoms with Gasteiger partial charge in [-0.15, -0.1) is 0 Å². The van der Waals surface area contributed by atoms with E-state index in [1.54, 1.807) is 19.1 Å². The Labute approximate surface area is 113 Å². The summed E-state index contributed by atoms with van der Waals surface area (Å²) >= 11 is 0. The summed E-state index contributed by atoms with van der Waals surface area (Å²) in [6, 6.07) is 6.00. The average Bonchev–Trinajstić information content (AvgIpc) is 3.23. The van der Waals surface area contributed by atoms with Crippen LogP contribution in [0.3, 0.4) is 0 Å². The molecule has 2 rings (SSSR count). The van der Waals surface area contributed by atoms with E-state index in [1.807, 2.05) is 0 Å². The molecule has 1 aliphatic rings. The van der Waals surface area contributed by atoms with Gasteiger partial charge in [0.15, 0.2) is 9.84 Å². The zero-order chi connectivity index (χ0) is 14.0. The highest BCUT2D eigenvalue weighted by Gasteiger charge is 2.29. The molecule has 0 saturated carbocycles. The summed E-state index contributed by atoms with van der Waals surface area (Å²) in [5.41, 5.74) is 0.529. The summed E-state index contributed by atoms with van der Waals surface area (Å²) in [6.45, 7) is 1.95. The van der Waals surface area contributed by atoms with E-state index in [9.17, 15) is 13.2 Å². The molecule has 1 aromatic rings. The van der Waals surface area contributed by atoms with Crippen LogP contribution in [0.5, 0.6) is 0 Å². The van der Waals surface area contributed by atoms with Crippen LogP contribution in [0, 0.1) is 0 Å². The van der Waals surface area contributed by atoms with Gasteiger partial charge in [0.05, 0.1) is 19.3 Å². The summed E-state index contributed by atoms with van der Waals surface area (Å²) in [4.78, 5) is 11.7. The highest BCUT2D eigenvalue weighted by atomic mass is 32.2. The lowest BCUT2D eigenvalue weighted by atomic mass is 9.81. The minimum atomic E-state index is -3.31. The van der Waals surface area contributed by atoms with Crippen LogP contribution >= 0.6 is 0 Å². The largest absolute Gasteiger partial charge is 0.466 e. The molecule has 6 heteroatoms. The second kappa shape index (κ2) is 5.21. The first-order valence-corrected chi connectivity index (χ1v) is 7.46. The van der Waals surface area contributed by atoms with Crippen molar-refractivity contribution in [2.75, 3.05) is 6.61 Å². The van der Waals surface area contributed by atoms with Gasteiger partial charge in [-0.2, -0.15) is 0 Å². The molecule has 0 amide bonds. The van der Waals surface area contributed by atoms with Gasteiger partial charge in [-0.05, 0) is 24.6 Å². The molecule has 0 bridgehead atoms. The van der Waals surface area contributed by atoms with Crippen LogP contribution in [-0.2, 0) is 19.4 Å². The average molecular weight is 276 g/mol. The predicted octanol–water partition coefficient (Wildman–Crippen LogP) is 1.17. The fraction of sp³-hybridized carbons (Fsp3) is 0.308. The number of ether oxygens (including phenoxy) is 1. The first-order chi connectivity index (χ1) is 8.96. The van der Waals surface area contributed by atoms with Crippen molar-refractivity contribution in [2.45, 2.75) is 22.9 Å². The van der Waals surface area contributed by atoms with Gasteiger partial charge < -0.3 is 4.74 Å². The van der Waals surface area contributed by atoms with E-state index in [2.05, 4.69) is 0 Å². The SMILES string of the molecule is [B]C(C(=O)OCC)c1ccc(S(=O)(=O)C2C=C2)cc1. The summed E-state index contributed by atoms with van der Waals surface area (Å²) in [6.07, 6.45) is 3.24. The number of carbonyl (C=O) groups excluding carboxylic acids is 1. The lowest BCUT2D eigenvalue weighted by Crippen LogP contribution is -2.16. The third-order valence-electron chi connectivity index (χ3n) is 2.82. The minimum Gasteiger partial charge on any atom is -0.466 e. The lowest BCUT2D eigenvalue weighted by molar-refractivity contribution is -0.142. The molecule has 1 aromatic carbocycles. The van der Waals surface area contributed by atoms with E-state index in [4.69, 9.17) is 12.6 Å². The van der Waals surface area contributed by atoms with E-state index in [0.29, 0.717) is 5.56 Å². The summed E-state index contributed by atoms with van der Waals surface area (Å²) < 4.78 is 28.7. The molecule has 0 N–H and O–H groups in total. The number of hydrogen-bond donors (Lipinski definition) is 0. The van der Waals surface area contributed by atoms with E-state index in [0.717, 1.165) is 0 Å². The molecule has 0 heterocycles. The Morgan fingerprint density at radius 1 is 1.32 bits per heavy atom. The Bertz CT molecular complexity index is 598. The fourth-order valence-electron chi connectivity index (χ4n) is 1.64. The summed E-state index contributed by atoms with van der Waals surface area (Å²) in [5, 5.41) is -0.489. The summed E-state index contributed by atoms with van der Waals surface area (Å²) in [7, 11) is 2.41. The van der Waals surface area contributed by atoms with Crippen molar-refractivity contribution < 1.29 is 17.9 Å². The number of rotatable bonds is 5. The Hall–Kier alpha value is -1.56. The number of hydrogen-bond acceptors (Lipinski definition) is 4. The molecule has 98 valence electrons. The smallest absolute Gasteiger partial charge is 0.304 e. The standard InChI is InChI=1S/C13H13BO4S/c1-2-18-13(15)12(14)9-3-5-10(6-4-9)19(16,17)11-7-8-11/h3-8,11-12H,2H2,1H3. The molecule has 19 heavy (non-hydrogen) atoms. The fourth-order valence-corrected chi connectivity index (χ4v) is 2.98. The second-order valence-electron chi connectivity index (χ2n) is 4.19. The van der Waals surface area contributed by atoms with E-state index in [-0.39, 0.29) is 11.5 Å². The van der Waals surface area contributed by atoms with E-state index >= 15 is 0 Å². The summed E-state index contributed by atoms with van der Waals surface area (Å²) in [5.74, 6) is -1.42. The molecule has 0 aromatic heterocycles. The monoisotopic (exact) mass is 276 g/mol. The van der Waals surface area contributed by atoms with E-state index in [1.165, 1.54) is 24.3 Å². The molecule has 1 unspecified atom stereocenters. The molecular formula is C13H13BO4S. The number of benzene rings is 1. The molecule has 0 aliphatic heterocycles. The van der Waals surface area contributed by atoms with Crippen LogP contribution in [0.25, 0.3) is 0 Å². The van der Waals surface area contributed by atoms with Gasteiger partial charge in [-0.3, -0.25) is 4.79 Å². The molecule has 0 saturated heterocycles. The maximum atomic E-state index is 11.9. The van der Waals surface area contributed by atoms with Gasteiger partial charge in [-0.1, -0.05) is 24.3 Å². The second-order valence-corrected chi connectivity index (χ2v) is 6.30. The van der Waals surface area contributed by atoms with Gasteiger partial charge in [0, 0.05) is 5.82 Å². The minimum absolute atomic E-state index is 0.224. The van der Waals surface area contributed by atoms with Gasteiger partial charge in [-0.25, -0.2) is 8.42 Å². The molecule has 0 spiro atoms. The molecule has 4 nitrogen and oxygen atoms in total. The highest BCUT2D eigenvalue weighted by molar-refractivity contribution is 7.92. The lowest BCUT2D eigenvalue weighted by Gasteiger charge is -2.12. The Morgan fingerprint density at radius 2 is 1.89 bits per heavy atom. The molecular weight excluding hydrogens is 263 g/mol. The third kappa shape index (κ3) is 2.89. The highest BCUT2D eigenvalue weighted by Crippen LogP contribution is 2.26. The van der Waals surface area contributed by atoms with Crippen LogP contribution < -0.4 is 0 Å². The zero-order valence-electron chi connectivity index (χ0n) is 10.4. The number of carbonyl (C=O) groups is 1. The van der Waals surface area contributed by atoms with Crippen molar-refractivity contribution in [3.05, 3.63) is 42.0 Å². The van der Waals surface area contributed by atoms with Gasteiger partial charge in [0.2, 0.25) is 0 Å². The van der Waals surface area contributed by atoms with Crippen LogP contribution in [0.4, 0.5) is 0 Å². The van der Waals surface area contributed by atoms with Crippen LogP contribution in [0.15, 0.2) is 41.3 Å². The van der Waals surface area contributed by atoms with Crippen LogP contribution in [0.1, 0.15) is 18.3 Å². The quantitative estimate of drug-likeness (QED) is 0.460.